The van der Waals surface area contributed by atoms with Crippen LogP contribution in [0.25, 0.3) is 33.7 Å². The summed E-state index contributed by atoms with van der Waals surface area (Å²) in [7, 11) is 0. The second kappa shape index (κ2) is 6.08. The Hall–Kier alpha value is -3.27. The molecular formula is C20H13FN2O. The lowest BCUT2D eigenvalue weighted by Crippen LogP contribution is -1.86. The smallest absolute Gasteiger partial charge is 0.175 e. The Bertz CT molecular complexity index is 891. The molecule has 0 fully saturated rings. The molecule has 0 bridgehead atoms. The molecule has 0 aliphatic carbocycles. The number of benzene rings is 2. The van der Waals surface area contributed by atoms with Crippen molar-refractivity contribution in [3.8, 4) is 33.7 Å². The first-order valence-electron chi connectivity index (χ1n) is 7.54. The van der Waals surface area contributed by atoms with Gasteiger partial charge >= 0.3 is 0 Å². The van der Waals surface area contributed by atoms with Gasteiger partial charge in [-0.15, -0.1) is 0 Å². The molecular weight excluding hydrogens is 303 g/mol. The van der Waals surface area contributed by atoms with E-state index in [4.69, 9.17) is 4.52 Å². The van der Waals surface area contributed by atoms with Gasteiger partial charge in [0.1, 0.15) is 11.5 Å². The largest absolute Gasteiger partial charge is 0.355 e. The molecule has 0 amide bonds. The van der Waals surface area contributed by atoms with Crippen molar-refractivity contribution < 1.29 is 8.91 Å². The Morgan fingerprint density at radius 2 is 1.42 bits per heavy atom. The summed E-state index contributed by atoms with van der Waals surface area (Å²) in [6, 6.07) is 19.9. The minimum Gasteiger partial charge on any atom is -0.355 e. The van der Waals surface area contributed by atoms with E-state index in [2.05, 4.69) is 10.1 Å². The molecule has 2 aromatic carbocycles. The summed E-state index contributed by atoms with van der Waals surface area (Å²) >= 11 is 0. The summed E-state index contributed by atoms with van der Waals surface area (Å²) < 4.78 is 19.0. The Balaban J connectivity index is 1.96. The number of rotatable bonds is 3. The highest BCUT2D eigenvalue weighted by atomic mass is 19.1. The predicted octanol–water partition coefficient (Wildman–Crippen LogP) is 5.21. The molecule has 24 heavy (non-hydrogen) atoms. The normalized spacial score (nSPS) is 10.7. The second-order valence-corrected chi connectivity index (χ2v) is 5.34. The van der Waals surface area contributed by atoms with Crippen LogP contribution in [0.5, 0.6) is 0 Å². The standard InChI is InChI=1S/C20H13FN2O/c21-17-8-6-14(7-9-17)18-19(15-10-12-22-13-11-15)23-24-20(18)16-4-2-1-3-5-16/h1-13H. The van der Waals surface area contributed by atoms with Crippen LogP contribution in [-0.2, 0) is 0 Å². The van der Waals surface area contributed by atoms with Crippen molar-refractivity contribution >= 4 is 0 Å². The molecule has 0 aliphatic rings. The van der Waals surface area contributed by atoms with Crippen LogP contribution in [-0.4, -0.2) is 10.1 Å². The van der Waals surface area contributed by atoms with Crippen LogP contribution in [0.1, 0.15) is 0 Å². The van der Waals surface area contributed by atoms with Crippen molar-refractivity contribution in [1.82, 2.24) is 10.1 Å². The van der Waals surface area contributed by atoms with Gasteiger partial charge in [0.2, 0.25) is 0 Å². The minimum absolute atomic E-state index is 0.276. The van der Waals surface area contributed by atoms with E-state index >= 15 is 0 Å². The summed E-state index contributed by atoms with van der Waals surface area (Å²) in [4.78, 5) is 4.04. The van der Waals surface area contributed by atoms with Crippen LogP contribution in [0.15, 0.2) is 83.6 Å². The fourth-order valence-electron chi connectivity index (χ4n) is 2.67. The first kappa shape index (κ1) is 14.3. The molecule has 0 saturated carbocycles. The molecule has 0 spiro atoms. The molecule has 2 heterocycles. The zero-order valence-corrected chi connectivity index (χ0v) is 12.7. The van der Waals surface area contributed by atoms with Crippen LogP contribution in [0, 0.1) is 5.82 Å². The summed E-state index contributed by atoms with van der Waals surface area (Å²) in [5, 5.41) is 4.27. The first-order chi connectivity index (χ1) is 11.8. The topological polar surface area (TPSA) is 38.9 Å². The number of halogens is 1. The highest BCUT2D eigenvalue weighted by Crippen LogP contribution is 2.39. The zero-order chi connectivity index (χ0) is 16.4. The third-order valence-electron chi connectivity index (χ3n) is 3.81. The predicted molar refractivity (Wildman–Crippen MR) is 90.6 cm³/mol. The van der Waals surface area contributed by atoms with Crippen molar-refractivity contribution in [1.29, 1.82) is 0 Å². The third-order valence-corrected chi connectivity index (χ3v) is 3.81. The maximum Gasteiger partial charge on any atom is 0.175 e. The van der Waals surface area contributed by atoms with Gasteiger partial charge in [-0.25, -0.2) is 4.39 Å². The van der Waals surface area contributed by atoms with Gasteiger partial charge in [-0.3, -0.25) is 4.98 Å². The van der Waals surface area contributed by atoms with Crippen molar-refractivity contribution in [2.75, 3.05) is 0 Å². The van der Waals surface area contributed by atoms with Crippen LogP contribution >= 0.6 is 0 Å². The van der Waals surface area contributed by atoms with E-state index in [9.17, 15) is 4.39 Å². The van der Waals surface area contributed by atoms with E-state index in [0.717, 1.165) is 22.3 Å². The van der Waals surface area contributed by atoms with E-state index in [0.29, 0.717) is 11.5 Å². The highest BCUT2D eigenvalue weighted by Gasteiger charge is 2.20. The molecule has 0 atom stereocenters. The van der Waals surface area contributed by atoms with Crippen LogP contribution < -0.4 is 0 Å². The molecule has 0 aliphatic heterocycles. The number of hydrogen-bond acceptors (Lipinski definition) is 3. The Morgan fingerprint density at radius 3 is 2.12 bits per heavy atom. The van der Waals surface area contributed by atoms with Crippen LogP contribution in [0.3, 0.4) is 0 Å². The maximum atomic E-state index is 13.3. The Labute approximate surface area is 138 Å². The summed E-state index contributed by atoms with van der Waals surface area (Å²) in [6.07, 6.45) is 3.42. The Morgan fingerprint density at radius 1 is 0.708 bits per heavy atom. The maximum absolute atomic E-state index is 13.3. The van der Waals surface area contributed by atoms with E-state index in [-0.39, 0.29) is 5.82 Å². The zero-order valence-electron chi connectivity index (χ0n) is 12.7. The molecule has 116 valence electrons. The molecule has 0 saturated heterocycles. The van der Waals surface area contributed by atoms with Gasteiger partial charge in [0, 0.05) is 23.5 Å². The van der Waals surface area contributed by atoms with E-state index in [1.54, 1.807) is 24.5 Å². The van der Waals surface area contributed by atoms with Gasteiger partial charge < -0.3 is 4.52 Å². The fraction of sp³-hybridized carbons (Fsp3) is 0. The molecule has 0 N–H and O–H groups in total. The SMILES string of the molecule is Fc1ccc(-c2c(-c3ccncc3)noc2-c2ccccc2)cc1. The average Bonchev–Trinajstić information content (AvgIpc) is 3.09. The van der Waals surface area contributed by atoms with Gasteiger partial charge in [0.15, 0.2) is 5.76 Å². The summed E-state index contributed by atoms with van der Waals surface area (Å²) in [5.41, 5.74) is 4.22. The van der Waals surface area contributed by atoms with Crippen molar-refractivity contribution in [3.63, 3.8) is 0 Å². The van der Waals surface area contributed by atoms with E-state index < -0.39 is 0 Å². The number of hydrogen-bond donors (Lipinski definition) is 0. The molecule has 3 nitrogen and oxygen atoms in total. The minimum atomic E-state index is -0.276. The molecule has 0 unspecified atom stereocenters. The molecule has 4 rings (SSSR count). The van der Waals surface area contributed by atoms with Crippen LogP contribution in [0.2, 0.25) is 0 Å². The summed E-state index contributed by atoms with van der Waals surface area (Å²) in [5.74, 6) is 0.385. The number of aromatic nitrogens is 2. The second-order valence-electron chi connectivity index (χ2n) is 5.34. The molecule has 4 heteroatoms. The van der Waals surface area contributed by atoms with E-state index in [1.165, 1.54) is 12.1 Å². The van der Waals surface area contributed by atoms with Gasteiger partial charge in [0.05, 0.1) is 5.56 Å². The van der Waals surface area contributed by atoms with Crippen LogP contribution in [0.4, 0.5) is 4.39 Å². The van der Waals surface area contributed by atoms with Crippen molar-refractivity contribution in [2.45, 2.75) is 0 Å². The van der Waals surface area contributed by atoms with E-state index in [1.807, 2.05) is 42.5 Å². The number of pyridine rings is 1. The quantitative estimate of drug-likeness (QED) is 0.521. The summed E-state index contributed by atoms with van der Waals surface area (Å²) in [6.45, 7) is 0. The van der Waals surface area contributed by atoms with Crippen molar-refractivity contribution in [3.05, 3.63) is 84.9 Å². The number of nitrogens with zero attached hydrogens (tertiary/aromatic N) is 2. The lowest BCUT2D eigenvalue weighted by Gasteiger charge is -2.05. The lowest BCUT2D eigenvalue weighted by molar-refractivity contribution is 0.435. The Kier molecular flexibility index (Phi) is 3.63. The fourth-order valence-corrected chi connectivity index (χ4v) is 2.67. The monoisotopic (exact) mass is 316 g/mol. The molecule has 4 aromatic rings. The molecule has 2 aromatic heterocycles. The van der Waals surface area contributed by atoms with Gasteiger partial charge in [-0.1, -0.05) is 47.6 Å². The van der Waals surface area contributed by atoms with Gasteiger partial charge in [-0.05, 0) is 29.8 Å². The average molecular weight is 316 g/mol. The highest BCUT2D eigenvalue weighted by molar-refractivity contribution is 5.90. The lowest BCUT2D eigenvalue weighted by atomic mass is 9.97. The van der Waals surface area contributed by atoms with Gasteiger partial charge in [0.25, 0.3) is 0 Å². The molecule has 0 radical (unpaired) electrons. The van der Waals surface area contributed by atoms with Crippen molar-refractivity contribution in [2.24, 2.45) is 0 Å². The first-order valence-corrected chi connectivity index (χ1v) is 7.54. The third kappa shape index (κ3) is 2.58. The van der Waals surface area contributed by atoms with Gasteiger partial charge in [-0.2, -0.15) is 0 Å².